The fourth-order valence-electron chi connectivity index (χ4n) is 2.23. The molecule has 0 unspecified atom stereocenters. The lowest BCUT2D eigenvalue weighted by Crippen LogP contribution is -2.30. The summed E-state index contributed by atoms with van der Waals surface area (Å²) in [6.45, 7) is 4.14. The normalized spacial score (nSPS) is 17.2. The predicted molar refractivity (Wildman–Crippen MR) is 69.0 cm³/mol. The molecule has 1 aromatic rings. The smallest absolute Gasteiger partial charge is 0.0495 e. The zero-order valence-corrected chi connectivity index (χ0v) is 10.4. The van der Waals surface area contributed by atoms with E-state index in [9.17, 15) is 0 Å². The minimum Gasteiger partial charge on any atom is -0.381 e. The van der Waals surface area contributed by atoms with Gasteiger partial charge >= 0.3 is 0 Å². The van der Waals surface area contributed by atoms with Gasteiger partial charge in [-0.25, -0.2) is 0 Å². The summed E-state index contributed by atoms with van der Waals surface area (Å²) >= 11 is 0. The van der Waals surface area contributed by atoms with Crippen LogP contribution in [-0.2, 0) is 11.2 Å². The number of piperidine rings is 1. The van der Waals surface area contributed by atoms with Crippen molar-refractivity contribution >= 4 is 0 Å². The molecule has 1 aliphatic heterocycles. The summed E-state index contributed by atoms with van der Waals surface area (Å²) in [5.41, 5.74) is 1.35. The molecule has 3 heteroatoms. The molecule has 2 heterocycles. The van der Waals surface area contributed by atoms with Crippen molar-refractivity contribution in [1.82, 2.24) is 10.3 Å². The van der Waals surface area contributed by atoms with E-state index in [0.29, 0.717) is 0 Å². The third-order valence-corrected chi connectivity index (χ3v) is 3.32. The first kappa shape index (κ1) is 12.5. The van der Waals surface area contributed by atoms with Crippen LogP contribution in [0.5, 0.6) is 0 Å². The SMILES string of the molecule is c1cc(CCCOCC2CCNCC2)ccn1. The third-order valence-electron chi connectivity index (χ3n) is 3.32. The van der Waals surface area contributed by atoms with Crippen molar-refractivity contribution in [1.29, 1.82) is 0 Å². The van der Waals surface area contributed by atoms with Gasteiger partial charge < -0.3 is 10.1 Å². The number of hydrogen-bond acceptors (Lipinski definition) is 3. The number of hydrogen-bond donors (Lipinski definition) is 1. The molecule has 0 spiro atoms. The van der Waals surface area contributed by atoms with Crippen LogP contribution in [-0.4, -0.2) is 31.3 Å². The van der Waals surface area contributed by atoms with E-state index >= 15 is 0 Å². The van der Waals surface area contributed by atoms with Gasteiger partial charge in [-0.05, 0) is 62.4 Å². The topological polar surface area (TPSA) is 34.1 Å². The molecule has 0 radical (unpaired) electrons. The van der Waals surface area contributed by atoms with Crippen molar-refractivity contribution in [2.24, 2.45) is 5.92 Å². The quantitative estimate of drug-likeness (QED) is 0.765. The standard InChI is InChI=1S/C14H22N2O/c1(2-13-3-7-15-8-4-13)11-17-12-14-5-9-16-10-6-14/h3-4,7-8,14,16H,1-2,5-6,9-12H2. The molecule has 17 heavy (non-hydrogen) atoms. The van der Waals surface area contributed by atoms with E-state index in [4.69, 9.17) is 4.74 Å². The van der Waals surface area contributed by atoms with Crippen LogP contribution in [0.25, 0.3) is 0 Å². The molecule has 0 atom stereocenters. The summed E-state index contributed by atoms with van der Waals surface area (Å²) in [4.78, 5) is 4.01. The summed E-state index contributed by atoms with van der Waals surface area (Å²) < 4.78 is 5.75. The van der Waals surface area contributed by atoms with Gasteiger partial charge in [0.1, 0.15) is 0 Å². The summed E-state index contributed by atoms with van der Waals surface area (Å²) in [6, 6.07) is 4.15. The monoisotopic (exact) mass is 234 g/mol. The second-order valence-corrected chi connectivity index (χ2v) is 4.73. The molecule has 3 nitrogen and oxygen atoms in total. The van der Waals surface area contributed by atoms with Crippen LogP contribution >= 0.6 is 0 Å². The number of nitrogens with one attached hydrogen (secondary N) is 1. The molecule has 0 bridgehead atoms. The number of aryl methyl sites for hydroxylation is 1. The van der Waals surface area contributed by atoms with Crippen LogP contribution in [0.4, 0.5) is 0 Å². The van der Waals surface area contributed by atoms with Crippen LogP contribution in [0.2, 0.25) is 0 Å². The first-order chi connectivity index (χ1) is 8.45. The van der Waals surface area contributed by atoms with Gasteiger partial charge in [-0.3, -0.25) is 4.98 Å². The molecule has 1 N–H and O–H groups in total. The Kier molecular flexibility index (Phi) is 5.46. The Morgan fingerprint density at radius 3 is 2.76 bits per heavy atom. The molecule has 2 rings (SSSR count). The molecule has 94 valence electrons. The van der Waals surface area contributed by atoms with E-state index in [0.717, 1.165) is 45.1 Å². The highest BCUT2D eigenvalue weighted by molar-refractivity contribution is 5.09. The first-order valence-electron chi connectivity index (χ1n) is 6.62. The maximum atomic E-state index is 5.75. The van der Waals surface area contributed by atoms with Gasteiger partial charge in [-0.2, -0.15) is 0 Å². The van der Waals surface area contributed by atoms with E-state index in [1.807, 2.05) is 12.4 Å². The molecule has 1 fully saturated rings. The molecule has 0 aromatic carbocycles. The third kappa shape index (κ3) is 4.84. The molecular weight excluding hydrogens is 212 g/mol. The Bertz CT molecular complexity index is 296. The minimum absolute atomic E-state index is 0.775. The molecule has 1 aromatic heterocycles. The molecule has 1 aliphatic rings. The van der Waals surface area contributed by atoms with E-state index in [-0.39, 0.29) is 0 Å². The zero-order valence-electron chi connectivity index (χ0n) is 10.4. The lowest BCUT2D eigenvalue weighted by atomic mass is 9.99. The van der Waals surface area contributed by atoms with E-state index < -0.39 is 0 Å². The second-order valence-electron chi connectivity index (χ2n) is 4.73. The number of pyridine rings is 1. The van der Waals surface area contributed by atoms with Gasteiger partial charge in [-0.1, -0.05) is 0 Å². The summed E-state index contributed by atoms with van der Waals surface area (Å²) in [6.07, 6.45) is 8.44. The van der Waals surface area contributed by atoms with Crippen LogP contribution in [0.3, 0.4) is 0 Å². The zero-order chi connectivity index (χ0) is 11.8. The predicted octanol–water partition coefficient (Wildman–Crippen LogP) is 2.03. The van der Waals surface area contributed by atoms with Crippen molar-refractivity contribution in [2.75, 3.05) is 26.3 Å². The summed E-state index contributed by atoms with van der Waals surface area (Å²) in [5, 5.41) is 3.38. The van der Waals surface area contributed by atoms with Gasteiger partial charge in [0.05, 0.1) is 0 Å². The van der Waals surface area contributed by atoms with E-state index in [2.05, 4.69) is 22.4 Å². The van der Waals surface area contributed by atoms with Gasteiger partial charge in [0.2, 0.25) is 0 Å². The van der Waals surface area contributed by atoms with Gasteiger partial charge in [0.15, 0.2) is 0 Å². The number of ether oxygens (including phenoxy) is 1. The van der Waals surface area contributed by atoms with Crippen molar-refractivity contribution in [2.45, 2.75) is 25.7 Å². The minimum atomic E-state index is 0.775. The van der Waals surface area contributed by atoms with Crippen LogP contribution in [0.1, 0.15) is 24.8 Å². The first-order valence-corrected chi connectivity index (χ1v) is 6.62. The largest absolute Gasteiger partial charge is 0.381 e. The highest BCUT2D eigenvalue weighted by Crippen LogP contribution is 2.11. The average Bonchev–Trinajstić information content (AvgIpc) is 2.41. The highest BCUT2D eigenvalue weighted by atomic mass is 16.5. The lowest BCUT2D eigenvalue weighted by molar-refractivity contribution is 0.0863. The fourth-order valence-corrected chi connectivity index (χ4v) is 2.23. The Labute approximate surface area is 104 Å². The Morgan fingerprint density at radius 2 is 2.00 bits per heavy atom. The van der Waals surface area contributed by atoms with Crippen molar-refractivity contribution in [3.8, 4) is 0 Å². The second kappa shape index (κ2) is 7.41. The maximum absolute atomic E-state index is 5.75. The van der Waals surface area contributed by atoms with E-state index in [1.165, 1.54) is 18.4 Å². The number of rotatable bonds is 6. The van der Waals surface area contributed by atoms with Crippen LogP contribution < -0.4 is 5.32 Å². The summed E-state index contributed by atoms with van der Waals surface area (Å²) in [5.74, 6) is 0.775. The Balaban J connectivity index is 1.51. The van der Waals surface area contributed by atoms with Crippen molar-refractivity contribution < 1.29 is 4.74 Å². The summed E-state index contributed by atoms with van der Waals surface area (Å²) in [7, 11) is 0. The van der Waals surface area contributed by atoms with Crippen molar-refractivity contribution in [3.63, 3.8) is 0 Å². The van der Waals surface area contributed by atoms with Crippen LogP contribution in [0, 0.1) is 5.92 Å². The van der Waals surface area contributed by atoms with Crippen molar-refractivity contribution in [3.05, 3.63) is 30.1 Å². The number of aromatic nitrogens is 1. The highest BCUT2D eigenvalue weighted by Gasteiger charge is 2.12. The Hall–Kier alpha value is -0.930. The van der Waals surface area contributed by atoms with Crippen LogP contribution in [0.15, 0.2) is 24.5 Å². The maximum Gasteiger partial charge on any atom is 0.0495 e. The molecule has 1 saturated heterocycles. The average molecular weight is 234 g/mol. The lowest BCUT2D eigenvalue weighted by Gasteiger charge is -2.22. The molecular formula is C14H22N2O. The van der Waals surface area contributed by atoms with E-state index in [1.54, 1.807) is 0 Å². The van der Waals surface area contributed by atoms with Gasteiger partial charge in [-0.15, -0.1) is 0 Å². The molecule has 0 saturated carbocycles. The molecule has 0 amide bonds. The number of nitrogens with zero attached hydrogens (tertiary/aromatic N) is 1. The van der Waals surface area contributed by atoms with Gasteiger partial charge in [0, 0.05) is 25.6 Å². The molecule has 0 aliphatic carbocycles. The van der Waals surface area contributed by atoms with Gasteiger partial charge in [0.25, 0.3) is 0 Å². The Morgan fingerprint density at radius 1 is 1.24 bits per heavy atom. The fraction of sp³-hybridized carbons (Fsp3) is 0.643.